The van der Waals surface area contributed by atoms with Gasteiger partial charge in [-0.05, 0) is 6.92 Å². The first kappa shape index (κ1) is 29.3. The van der Waals surface area contributed by atoms with Crippen LogP contribution < -0.4 is 11.3 Å². The largest absolute Gasteiger partial charge is 0.519 e. The van der Waals surface area contributed by atoms with Gasteiger partial charge in [0.25, 0.3) is 6.08 Å². The third kappa shape index (κ3) is 6.09. The number of imidazole rings is 1. The fraction of sp³-hybridized carbons (Fsp3) is 0.520. The maximum absolute atomic E-state index is 15.1. The number of aromatic nitrogens is 4. The zero-order valence-electron chi connectivity index (χ0n) is 22.4. The first-order chi connectivity index (χ1) is 18.3. The number of nitrogens with one attached hydrogen (secondary N) is 1. The average Bonchev–Trinajstić information content (AvgIpc) is 3.43. The zero-order chi connectivity index (χ0) is 29.1. The molecule has 0 saturated heterocycles. The second-order valence-corrected chi connectivity index (χ2v) is 9.40. The Morgan fingerprint density at radius 1 is 1.23 bits per heavy atom. The number of esters is 2. The zero-order valence-corrected chi connectivity index (χ0v) is 22.4. The molecule has 0 aliphatic carbocycles. The van der Waals surface area contributed by atoms with Gasteiger partial charge in [-0.25, -0.2) is 9.78 Å². The molecular formula is C25H30FN5O8. The van der Waals surface area contributed by atoms with Crippen molar-refractivity contribution in [2.75, 3.05) is 13.7 Å². The Morgan fingerprint density at radius 3 is 2.44 bits per heavy atom. The number of methoxy groups -OCH3 is 1. The summed E-state index contributed by atoms with van der Waals surface area (Å²) in [6.07, 6.45) is 4.77. The van der Waals surface area contributed by atoms with Crippen LogP contribution in [0.1, 0.15) is 39.2 Å². The van der Waals surface area contributed by atoms with Crippen LogP contribution in [0.5, 0.6) is 0 Å². The second-order valence-electron chi connectivity index (χ2n) is 9.40. The molecular weight excluding hydrogens is 517 g/mol. The minimum absolute atomic E-state index is 0.00351. The van der Waals surface area contributed by atoms with Crippen molar-refractivity contribution in [1.82, 2.24) is 19.1 Å². The molecule has 39 heavy (non-hydrogen) atoms. The Kier molecular flexibility index (Phi) is 8.75. The molecule has 0 amide bonds. The van der Waals surface area contributed by atoms with Crippen molar-refractivity contribution in [2.24, 2.45) is 11.8 Å². The van der Waals surface area contributed by atoms with Crippen LogP contribution in [0.2, 0.25) is 0 Å². The molecule has 3 aromatic rings. The highest BCUT2D eigenvalue weighted by Crippen LogP contribution is 2.24. The van der Waals surface area contributed by atoms with Crippen molar-refractivity contribution in [3.63, 3.8) is 0 Å². The molecule has 14 heteroatoms. The van der Waals surface area contributed by atoms with E-state index in [-0.39, 0.29) is 41.3 Å². The molecule has 0 radical (unpaired) electrons. The van der Waals surface area contributed by atoms with E-state index in [0.29, 0.717) is 0 Å². The standard InChI is InChI=1S/C25H30FN5O8/c1-8-25(35-7,11-36-21(32)13(2)3)17(39-22(33)14(4)5)10-30-12-28-18-19(27)31(23(26)29-20(18)30)9-16-15(6)37-24(34)38-16/h1,12-14,17,27H,9-11H2,2-7H3/t17-,25?/m0/s1. The monoisotopic (exact) mass is 547 g/mol. The normalized spacial score (nSPS) is 13.8. The van der Waals surface area contributed by atoms with E-state index in [2.05, 4.69) is 15.9 Å². The maximum atomic E-state index is 15.1. The summed E-state index contributed by atoms with van der Waals surface area (Å²) < 4.78 is 43.6. The molecule has 0 aromatic carbocycles. The molecule has 3 heterocycles. The van der Waals surface area contributed by atoms with Gasteiger partial charge in [0.05, 0.1) is 31.3 Å². The van der Waals surface area contributed by atoms with Gasteiger partial charge in [0.15, 0.2) is 28.5 Å². The Morgan fingerprint density at radius 2 is 1.90 bits per heavy atom. The summed E-state index contributed by atoms with van der Waals surface area (Å²) in [5.41, 5.74) is -2.12. The van der Waals surface area contributed by atoms with E-state index in [4.69, 9.17) is 34.9 Å². The number of carbonyl (C=O) groups excluding carboxylic acids is 2. The Hall–Kier alpha value is -4.25. The Balaban J connectivity index is 2.03. The second kappa shape index (κ2) is 11.6. The summed E-state index contributed by atoms with van der Waals surface area (Å²) in [5, 5.41) is 8.48. The first-order valence-corrected chi connectivity index (χ1v) is 12.0. The van der Waals surface area contributed by atoms with Crippen LogP contribution >= 0.6 is 0 Å². The van der Waals surface area contributed by atoms with E-state index in [1.54, 1.807) is 27.7 Å². The number of carbonyl (C=O) groups is 2. The molecule has 0 fully saturated rings. The molecule has 2 atom stereocenters. The number of fused-ring (bicyclic) bond motifs is 1. The molecule has 210 valence electrons. The Labute approximate surface area is 222 Å². The topological polar surface area (TPSA) is 165 Å². The molecule has 1 N–H and O–H groups in total. The van der Waals surface area contributed by atoms with Crippen LogP contribution in [0.25, 0.3) is 11.2 Å². The number of terminal acetylenes is 1. The summed E-state index contributed by atoms with van der Waals surface area (Å²) in [7, 11) is 1.28. The number of hydrogen-bond donors (Lipinski definition) is 1. The lowest BCUT2D eigenvalue weighted by molar-refractivity contribution is -0.178. The number of ether oxygens (including phenoxy) is 3. The van der Waals surface area contributed by atoms with E-state index in [1.165, 1.54) is 24.9 Å². The van der Waals surface area contributed by atoms with Gasteiger partial charge in [-0.3, -0.25) is 19.6 Å². The SMILES string of the molecule is C#CC(COC(=O)C(C)C)(OC)[C@H](Cn1cnc2c(=N)n(Cc3oc(=O)oc3C)c(F)nc21)OC(=O)C(C)C. The van der Waals surface area contributed by atoms with Crippen molar-refractivity contribution >= 4 is 23.1 Å². The lowest BCUT2D eigenvalue weighted by Gasteiger charge is -2.35. The number of aryl methyl sites for hydroxylation is 1. The van der Waals surface area contributed by atoms with Gasteiger partial charge in [0.1, 0.15) is 12.4 Å². The van der Waals surface area contributed by atoms with Crippen LogP contribution in [-0.4, -0.2) is 56.5 Å². The third-order valence-corrected chi connectivity index (χ3v) is 5.98. The number of hydrogen-bond acceptors (Lipinski definition) is 11. The minimum Gasteiger partial charge on any atom is -0.461 e. The van der Waals surface area contributed by atoms with E-state index >= 15 is 4.39 Å². The third-order valence-electron chi connectivity index (χ3n) is 5.98. The molecule has 0 saturated carbocycles. The van der Waals surface area contributed by atoms with E-state index in [0.717, 1.165) is 4.57 Å². The lowest BCUT2D eigenvalue weighted by Crippen LogP contribution is -2.52. The maximum Gasteiger partial charge on any atom is 0.519 e. The van der Waals surface area contributed by atoms with Gasteiger partial charge < -0.3 is 27.6 Å². The van der Waals surface area contributed by atoms with Crippen LogP contribution in [0.3, 0.4) is 0 Å². The molecule has 13 nitrogen and oxygen atoms in total. The molecule has 0 aliphatic rings. The summed E-state index contributed by atoms with van der Waals surface area (Å²) in [4.78, 5) is 44.2. The van der Waals surface area contributed by atoms with E-state index in [9.17, 15) is 14.4 Å². The minimum atomic E-state index is -1.71. The number of halogens is 1. The highest BCUT2D eigenvalue weighted by atomic mass is 19.1. The van der Waals surface area contributed by atoms with Gasteiger partial charge in [0, 0.05) is 7.11 Å². The van der Waals surface area contributed by atoms with E-state index in [1.807, 2.05) is 0 Å². The van der Waals surface area contributed by atoms with Gasteiger partial charge in [0.2, 0.25) is 5.60 Å². The molecule has 3 aromatic heterocycles. The summed E-state index contributed by atoms with van der Waals surface area (Å²) >= 11 is 0. The molecule has 0 aliphatic heterocycles. The lowest BCUT2D eigenvalue weighted by atomic mass is 9.97. The smallest absolute Gasteiger partial charge is 0.461 e. The predicted molar refractivity (Wildman–Crippen MR) is 132 cm³/mol. The van der Waals surface area contributed by atoms with Crippen molar-refractivity contribution in [3.05, 3.63) is 40.0 Å². The summed E-state index contributed by atoms with van der Waals surface area (Å²) in [6, 6.07) is 0. The number of rotatable bonds is 11. The average molecular weight is 548 g/mol. The fourth-order valence-corrected chi connectivity index (χ4v) is 3.52. The fourth-order valence-electron chi connectivity index (χ4n) is 3.52. The molecule has 0 spiro atoms. The van der Waals surface area contributed by atoms with Crippen molar-refractivity contribution in [3.8, 4) is 12.3 Å². The highest BCUT2D eigenvalue weighted by Gasteiger charge is 2.43. The molecule has 1 unspecified atom stereocenters. The van der Waals surface area contributed by atoms with Crippen molar-refractivity contribution in [1.29, 1.82) is 5.41 Å². The van der Waals surface area contributed by atoms with Gasteiger partial charge in [-0.1, -0.05) is 33.6 Å². The quantitative estimate of drug-likeness (QED) is 0.211. The van der Waals surface area contributed by atoms with Gasteiger partial charge >= 0.3 is 17.8 Å². The predicted octanol–water partition coefficient (Wildman–Crippen LogP) is 1.54. The molecule has 0 bridgehead atoms. The number of nitrogens with zero attached hydrogens (tertiary/aromatic N) is 4. The summed E-state index contributed by atoms with van der Waals surface area (Å²) in [5.74, 6) is -0.475. The van der Waals surface area contributed by atoms with Crippen molar-refractivity contribution in [2.45, 2.75) is 59.4 Å². The van der Waals surface area contributed by atoms with Crippen LogP contribution in [0.15, 0.2) is 20.0 Å². The van der Waals surface area contributed by atoms with Crippen LogP contribution in [-0.2, 0) is 36.9 Å². The van der Waals surface area contributed by atoms with E-state index < -0.39 is 54.0 Å². The molecule has 3 rings (SSSR count). The van der Waals surface area contributed by atoms with Crippen molar-refractivity contribution < 1.29 is 37.0 Å². The van der Waals surface area contributed by atoms with Gasteiger partial charge in [-0.15, -0.1) is 6.42 Å². The summed E-state index contributed by atoms with van der Waals surface area (Å²) in [6.45, 7) is 7.02. The van der Waals surface area contributed by atoms with Crippen LogP contribution in [0, 0.1) is 42.6 Å². The Bertz CT molecular complexity index is 1530. The van der Waals surface area contributed by atoms with Crippen LogP contribution in [0.4, 0.5) is 4.39 Å². The highest BCUT2D eigenvalue weighted by molar-refractivity contribution is 5.72. The first-order valence-electron chi connectivity index (χ1n) is 12.0. The van der Waals surface area contributed by atoms with Gasteiger partial charge in [-0.2, -0.15) is 9.37 Å².